The van der Waals surface area contributed by atoms with Gasteiger partial charge in [0.25, 0.3) is 0 Å². The molecule has 0 unspecified atom stereocenters. The second-order valence-corrected chi connectivity index (χ2v) is 3.98. The van der Waals surface area contributed by atoms with Crippen LogP contribution in [0, 0.1) is 20.8 Å². The van der Waals surface area contributed by atoms with Crippen LogP contribution in [0.15, 0.2) is 14.9 Å². The van der Waals surface area contributed by atoms with E-state index in [1.54, 1.807) is 13.8 Å². The first-order chi connectivity index (χ1) is 8.52. The Balaban J connectivity index is 2.40. The number of oxazole rings is 1. The first-order valence-electron chi connectivity index (χ1n) is 5.75. The maximum Gasteiger partial charge on any atom is 0.376 e. The SMILES string of the molecule is CCOC(=O)c1oc(-c2cc(C)oc2C)nc1C. The first-order valence-corrected chi connectivity index (χ1v) is 5.75. The number of esters is 1. The summed E-state index contributed by atoms with van der Waals surface area (Å²) in [5, 5.41) is 0. The molecule has 0 radical (unpaired) electrons. The molecule has 0 N–H and O–H groups in total. The van der Waals surface area contributed by atoms with Crippen LogP contribution in [0.4, 0.5) is 0 Å². The fourth-order valence-electron chi connectivity index (χ4n) is 1.74. The van der Waals surface area contributed by atoms with Crippen LogP contribution in [0.2, 0.25) is 0 Å². The Hall–Kier alpha value is -2.04. The molecule has 5 nitrogen and oxygen atoms in total. The van der Waals surface area contributed by atoms with Gasteiger partial charge >= 0.3 is 5.97 Å². The van der Waals surface area contributed by atoms with E-state index in [2.05, 4.69) is 4.98 Å². The minimum Gasteiger partial charge on any atom is -0.466 e. The lowest BCUT2D eigenvalue weighted by atomic mass is 10.2. The van der Waals surface area contributed by atoms with Gasteiger partial charge in [0, 0.05) is 0 Å². The molecule has 0 aliphatic carbocycles. The molecule has 2 rings (SSSR count). The van der Waals surface area contributed by atoms with Crippen molar-refractivity contribution >= 4 is 5.97 Å². The van der Waals surface area contributed by atoms with Crippen LogP contribution >= 0.6 is 0 Å². The molecule has 0 atom stereocenters. The second-order valence-electron chi connectivity index (χ2n) is 3.98. The van der Waals surface area contributed by atoms with E-state index in [0.29, 0.717) is 24.0 Å². The maximum atomic E-state index is 11.6. The number of aromatic nitrogens is 1. The van der Waals surface area contributed by atoms with E-state index in [1.807, 2.05) is 19.9 Å². The van der Waals surface area contributed by atoms with E-state index in [4.69, 9.17) is 13.6 Å². The largest absolute Gasteiger partial charge is 0.466 e. The third-order valence-electron chi connectivity index (χ3n) is 2.53. The summed E-state index contributed by atoms with van der Waals surface area (Å²) in [6.45, 7) is 7.43. The third-order valence-corrected chi connectivity index (χ3v) is 2.53. The van der Waals surface area contributed by atoms with E-state index in [9.17, 15) is 4.79 Å². The number of rotatable bonds is 3. The highest BCUT2D eigenvalue weighted by Gasteiger charge is 2.21. The van der Waals surface area contributed by atoms with Crippen molar-refractivity contribution in [1.82, 2.24) is 4.98 Å². The van der Waals surface area contributed by atoms with Crippen molar-refractivity contribution in [2.24, 2.45) is 0 Å². The lowest BCUT2D eigenvalue weighted by molar-refractivity contribution is 0.0490. The predicted molar refractivity (Wildman–Crippen MR) is 64.4 cm³/mol. The second kappa shape index (κ2) is 4.68. The lowest BCUT2D eigenvalue weighted by Crippen LogP contribution is -2.04. The number of hydrogen-bond donors (Lipinski definition) is 0. The van der Waals surface area contributed by atoms with Crippen molar-refractivity contribution in [3.05, 3.63) is 29.0 Å². The monoisotopic (exact) mass is 249 g/mol. The zero-order chi connectivity index (χ0) is 13.3. The summed E-state index contributed by atoms with van der Waals surface area (Å²) in [6.07, 6.45) is 0. The summed E-state index contributed by atoms with van der Waals surface area (Å²) < 4.78 is 15.8. The van der Waals surface area contributed by atoms with Crippen molar-refractivity contribution in [2.75, 3.05) is 6.61 Å². The van der Waals surface area contributed by atoms with Gasteiger partial charge < -0.3 is 13.6 Å². The van der Waals surface area contributed by atoms with Gasteiger partial charge in [-0.1, -0.05) is 0 Å². The van der Waals surface area contributed by atoms with E-state index in [0.717, 1.165) is 11.3 Å². The third kappa shape index (κ3) is 2.16. The molecule has 2 heterocycles. The average Bonchev–Trinajstić information content (AvgIpc) is 2.82. The highest BCUT2D eigenvalue weighted by molar-refractivity contribution is 5.88. The van der Waals surface area contributed by atoms with Gasteiger partial charge in [0.2, 0.25) is 11.7 Å². The Kier molecular flexibility index (Phi) is 3.23. The molecule has 2 aromatic rings. The summed E-state index contributed by atoms with van der Waals surface area (Å²) in [5.74, 6) is 1.52. The summed E-state index contributed by atoms with van der Waals surface area (Å²) >= 11 is 0. The van der Waals surface area contributed by atoms with Crippen LogP contribution in [0.5, 0.6) is 0 Å². The predicted octanol–water partition coefficient (Wildman–Crippen LogP) is 3.04. The number of furan rings is 1. The van der Waals surface area contributed by atoms with E-state index >= 15 is 0 Å². The summed E-state index contributed by atoms with van der Waals surface area (Å²) in [6, 6.07) is 1.83. The van der Waals surface area contributed by atoms with Gasteiger partial charge in [0.05, 0.1) is 17.9 Å². The smallest absolute Gasteiger partial charge is 0.376 e. The molecule has 0 spiro atoms. The first kappa shape index (κ1) is 12.4. The molecule has 0 bridgehead atoms. The van der Waals surface area contributed by atoms with Crippen molar-refractivity contribution in [2.45, 2.75) is 27.7 Å². The normalized spacial score (nSPS) is 10.7. The number of carbonyl (C=O) groups excluding carboxylic acids is 1. The van der Waals surface area contributed by atoms with Gasteiger partial charge in [0.15, 0.2) is 0 Å². The maximum absolute atomic E-state index is 11.6. The molecular formula is C13H15NO4. The zero-order valence-corrected chi connectivity index (χ0v) is 10.9. The molecule has 0 fully saturated rings. The molecule has 2 aromatic heterocycles. The van der Waals surface area contributed by atoms with Crippen LogP contribution in [0.1, 0.15) is 34.7 Å². The Bertz CT molecular complexity index is 580. The highest BCUT2D eigenvalue weighted by Crippen LogP contribution is 2.27. The fourth-order valence-corrected chi connectivity index (χ4v) is 1.74. The lowest BCUT2D eigenvalue weighted by Gasteiger charge is -1.97. The van der Waals surface area contributed by atoms with Crippen LogP contribution in [0.3, 0.4) is 0 Å². The van der Waals surface area contributed by atoms with Gasteiger partial charge in [-0.3, -0.25) is 0 Å². The quantitative estimate of drug-likeness (QED) is 0.782. The standard InChI is InChI=1S/C13H15NO4/c1-5-16-13(15)11-8(3)14-12(18-11)10-6-7(2)17-9(10)4/h6H,5H2,1-4H3. The van der Waals surface area contributed by atoms with Gasteiger partial charge in [-0.15, -0.1) is 0 Å². The number of nitrogens with zero attached hydrogens (tertiary/aromatic N) is 1. The van der Waals surface area contributed by atoms with E-state index in [-0.39, 0.29) is 5.76 Å². The number of carbonyl (C=O) groups is 1. The molecule has 0 saturated heterocycles. The summed E-state index contributed by atoms with van der Waals surface area (Å²) in [7, 11) is 0. The van der Waals surface area contributed by atoms with E-state index in [1.165, 1.54) is 0 Å². The van der Waals surface area contributed by atoms with Crippen LogP contribution in [-0.4, -0.2) is 17.6 Å². The Labute approximate surface area is 105 Å². The zero-order valence-electron chi connectivity index (χ0n) is 10.9. The Morgan fingerprint density at radius 3 is 2.61 bits per heavy atom. The van der Waals surface area contributed by atoms with Crippen molar-refractivity contribution in [3.63, 3.8) is 0 Å². The fraction of sp³-hybridized carbons (Fsp3) is 0.385. The van der Waals surface area contributed by atoms with Crippen LogP contribution in [0.25, 0.3) is 11.5 Å². The molecule has 0 saturated carbocycles. The Morgan fingerprint density at radius 1 is 1.33 bits per heavy atom. The molecule has 96 valence electrons. The van der Waals surface area contributed by atoms with Gasteiger partial charge in [-0.05, 0) is 33.8 Å². The van der Waals surface area contributed by atoms with Gasteiger partial charge in [-0.25, -0.2) is 9.78 Å². The van der Waals surface area contributed by atoms with Crippen LogP contribution in [-0.2, 0) is 4.74 Å². The summed E-state index contributed by atoms with van der Waals surface area (Å²) in [5.41, 5.74) is 1.27. The van der Waals surface area contributed by atoms with Gasteiger partial charge in [0.1, 0.15) is 11.5 Å². The Morgan fingerprint density at radius 2 is 2.06 bits per heavy atom. The molecule has 0 amide bonds. The van der Waals surface area contributed by atoms with Crippen LogP contribution < -0.4 is 0 Å². The van der Waals surface area contributed by atoms with Crippen molar-refractivity contribution < 1.29 is 18.4 Å². The molecule has 0 aliphatic rings. The molecular weight excluding hydrogens is 234 g/mol. The molecule has 5 heteroatoms. The topological polar surface area (TPSA) is 65.5 Å². The highest BCUT2D eigenvalue weighted by atomic mass is 16.5. The minimum atomic E-state index is -0.494. The number of aryl methyl sites for hydroxylation is 3. The minimum absolute atomic E-state index is 0.144. The summed E-state index contributed by atoms with van der Waals surface area (Å²) in [4.78, 5) is 15.9. The molecule has 18 heavy (non-hydrogen) atoms. The van der Waals surface area contributed by atoms with Crippen molar-refractivity contribution in [3.8, 4) is 11.5 Å². The van der Waals surface area contributed by atoms with Crippen molar-refractivity contribution in [1.29, 1.82) is 0 Å². The number of ether oxygens (including phenoxy) is 1. The molecule has 0 aliphatic heterocycles. The number of hydrogen-bond acceptors (Lipinski definition) is 5. The molecule has 0 aromatic carbocycles. The average molecular weight is 249 g/mol. The van der Waals surface area contributed by atoms with Gasteiger partial charge in [-0.2, -0.15) is 0 Å². The van der Waals surface area contributed by atoms with E-state index < -0.39 is 5.97 Å².